The van der Waals surface area contributed by atoms with Gasteiger partial charge in [-0.3, -0.25) is 4.79 Å². The molecule has 4 fully saturated rings. The Hall–Kier alpha value is -2.63. The summed E-state index contributed by atoms with van der Waals surface area (Å²) in [5.74, 6) is 3.85. The fourth-order valence-electron chi connectivity index (χ4n) is 10.5. The van der Waals surface area contributed by atoms with Crippen LogP contribution in [0.4, 0.5) is 0 Å². The summed E-state index contributed by atoms with van der Waals surface area (Å²) in [6.45, 7) is 10.2. The third-order valence-corrected chi connectivity index (χ3v) is 12.5. The van der Waals surface area contributed by atoms with E-state index in [1.807, 2.05) is 25.1 Å². The molecule has 1 aromatic heterocycles. The second-order valence-electron chi connectivity index (χ2n) is 14.7. The summed E-state index contributed by atoms with van der Waals surface area (Å²) in [6.07, 6.45) is 8.85. The molecule has 2 saturated carbocycles. The summed E-state index contributed by atoms with van der Waals surface area (Å²) < 4.78 is 19.3. The van der Waals surface area contributed by atoms with Crippen LogP contribution in [0.25, 0.3) is 10.9 Å². The van der Waals surface area contributed by atoms with Crippen LogP contribution in [0, 0.1) is 41.9 Å². The lowest BCUT2D eigenvalue weighted by Crippen LogP contribution is -2.48. The Morgan fingerprint density at radius 2 is 1.95 bits per heavy atom. The molecule has 5 heteroatoms. The number of H-pyrrole nitrogens is 1. The Balaban J connectivity index is 0.977. The number of hydrogen-bond acceptors (Lipinski definition) is 4. The Bertz CT molecular complexity index is 1530. The van der Waals surface area contributed by atoms with Gasteiger partial charge in [0.1, 0.15) is 5.75 Å². The zero-order chi connectivity index (χ0) is 28.8. The van der Waals surface area contributed by atoms with Crippen molar-refractivity contribution in [2.75, 3.05) is 6.61 Å². The van der Waals surface area contributed by atoms with E-state index in [1.165, 1.54) is 43.2 Å². The number of aromatic amines is 1. The maximum atomic E-state index is 13.0. The second kappa shape index (κ2) is 9.69. The van der Waals surface area contributed by atoms with Crippen LogP contribution in [0.3, 0.4) is 0 Å². The Morgan fingerprint density at radius 3 is 2.79 bits per heavy atom. The van der Waals surface area contributed by atoms with Gasteiger partial charge in [-0.1, -0.05) is 45.0 Å². The van der Waals surface area contributed by atoms with Crippen LogP contribution in [-0.2, 0) is 27.1 Å². The van der Waals surface area contributed by atoms with Gasteiger partial charge < -0.3 is 19.2 Å². The summed E-state index contributed by atoms with van der Waals surface area (Å²) in [7, 11) is 0. The van der Waals surface area contributed by atoms with Gasteiger partial charge in [0.05, 0.1) is 19.1 Å². The van der Waals surface area contributed by atoms with Gasteiger partial charge in [-0.05, 0) is 115 Å². The van der Waals surface area contributed by atoms with Gasteiger partial charge in [0.25, 0.3) is 0 Å². The third-order valence-electron chi connectivity index (χ3n) is 12.5. The molecule has 0 radical (unpaired) electrons. The van der Waals surface area contributed by atoms with Gasteiger partial charge in [0.2, 0.25) is 0 Å². The van der Waals surface area contributed by atoms with Gasteiger partial charge >= 0.3 is 5.97 Å². The molecular weight excluding hydrogens is 522 g/mol. The number of carbonyl (C=O) groups is 1. The van der Waals surface area contributed by atoms with Crippen molar-refractivity contribution >= 4 is 16.9 Å². The number of esters is 1. The number of hydrogen-bond donors (Lipinski definition) is 1. The van der Waals surface area contributed by atoms with Crippen LogP contribution >= 0.6 is 0 Å². The average molecular weight is 568 g/mol. The van der Waals surface area contributed by atoms with Crippen LogP contribution in [-0.4, -0.2) is 29.5 Å². The lowest BCUT2D eigenvalue weighted by Gasteiger charge is -2.52. The normalized spacial score (nSPS) is 38.6. The van der Waals surface area contributed by atoms with Gasteiger partial charge in [0, 0.05) is 28.9 Å². The summed E-state index contributed by atoms with van der Waals surface area (Å²) >= 11 is 0. The molecule has 3 aromatic rings. The lowest BCUT2D eigenvalue weighted by atomic mass is 9.53. The lowest BCUT2D eigenvalue weighted by molar-refractivity contribution is -0.272. The van der Waals surface area contributed by atoms with Crippen molar-refractivity contribution in [3.63, 3.8) is 0 Å². The topological polar surface area (TPSA) is 60.6 Å². The molecule has 8 rings (SSSR count). The largest absolute Gasteiger partial charge is 0.426 e. The predicted molar refractivity (Wildman–Crippen MR) is 163 cm³/mol. The minimum atomic E-state index is -0.341. The number of carbonyl (C=O) groups excluding carboxylic acids is 1. The molecule has 2 aliphatic heterocycles. The Morgan fingerprint density at radius 1 is 1.10 bits per heavy atom. The van der Waals surface area contributed by atoms with Crippen LogP contribution in [0.2, 0.25) is 0 Å². The summed E-state index contributed by atoms with van der Waals surface area (Å²) in [4.78, 5) is 16.4. The van der Waals surface area contributed by atoms with Gasteiger partial charge in [0.15, 0.2) is 5.79 Å². The predicted octanol–water partition coefficient (Wildman–Crippen LogP) is 7.88. The first-order valence-corrected chi connectivity index (χ1v) is 16.5. The number of nitrogens with one attached hydrogen (secondary N) is 1. The van der Waals surface area contributed by atoms with E-state index in [0.29, 0.717) is 52.8 Å². The van der Waals surface area contributed by atoms with Crippen molar-refractivity contribution in [3.05, 3.63) is 64.8 Å². The van der Waals surface area contributed by atoms with Crippen molar-refractivity contribution in [2.45, 2.75) is 96.9 Å². The molecule has 222 valence electrons. The molecule has 5 nitrogen and oxygen atoms in total. The Kier molecular flexibility index (Phi) is 6.22. The molecular formula is C37H45NO4. The summed E-state index contributed by atoms with van der Waals surface area (Å²) in [5.41, 5.74) is 6.31. The van der Waals surface area contributed by atoms with Gasteiger partial charge in [-0.15, -0.1) is 0 Å². The van der Waals surface area contributed by atoms with Crippen LogP contribution < -0.4 is 4.74 Å². The smallest absolute Gasteiger partial charge is 0.315 e. The van der Waals surface area contributed by atoms with Crippen LogP contribution in [0.15, 0.2) is 42.5 Å². The molecule has 9 atom stereocenters. The van der Waals surface area contributed by atoms with Crippen molar-refractivity contribution in [3.8, 4) is 5.75 Å². The first-order chi connectivity index (χ1) is 20.3. The van der Waals surface area contributed by atoms with E-state index in [-0.39, 0.29) is 18.2 Å². The van der Waals surface area contributed by atoms with E-state index in [2.05, 4.69) is 50.0 Å². The highest BCUT2D eigenvalue weighted by molar-refractivity contribution is 5.89. The monoisotopic (exact) mass is 567 g/mol. The molecule has 0 unspecified atom stereocenters. The molecule has 5 aliphatic rings. The summed E-state index contributed by atoms with van der Waals surface area (Å²) in [5, 5.41) is 1.10. The van der Waals surface area contributed by atoms with Crippen molar-refractivity contribution in [1.82, 2.24) is 4.98 Å². The average Bonchev–Trinajstić information content (AvgIpc) is 3.56. The summed E-state index contributed by atoms with van der Waals surface area (Å²) in [6, 6.07) is 14.6. The molecule has 2 aromatic carbocycles. The number of para-hydroxylation sites is 1. The molecule has 3 aliphatic carbocycles. The molecule has 1 spiro atoms. The molecule has 3 heterocycles. The molecule has 2 saturated heterocycles. The number of rotatable bonds is 3. The minimum absolute atomic E-state index is 0.203. The van der Waals surface area contributed by atoms with Crippen molar-refractivity contribution < 1.29 is 19.0 Å². The highest BCUT2D eigenvalue weighted by Gasteiger charge is 2.67. The van der Waals surface area contributed by atoms with E-state index in [0.717, 1.165) is 41.6 Å². The molecule has 1 N–H and O–H groups in total. The Labute approximate surface area is 249 Å². The first kappa shape index (κ1) is 27.0. The fourth-order valence-corrected chi connectivity index (χ4v) is 10.5. The quantitative estimate of drug-likeness (QED) is 0.258. The number of aryl methyl sites for hydroxylation is 2. The second-order valence-corrected chi connectivity index (χ2v) is 14.7. The van der Waals surface area contributed by atoms with E-state index >= 15 is 0 Å². The number of ether oxygens (including phenoxy) is 3. The molecule has 0 bridgehead atoms. The van der Waals surface area contributed by atoms with E-state index in [4.69, 9.17) is 14.2 Å². The number of fused-ring (bicyclic) bond motifs is 8. The maximum Gasteiger partial charge on any atom is 0.315 e. The maximum absolute atomic E-state index is 13.0. The highest BCUT2D eigenvalue weighted by Crippen LogP contribution is 2.69. The van der Waals surface area contributed by atoms with E-state index in [1.54, 1.807) is 0 Å². The molecule has 42 heavy (non-hydrogen) atoms. The number of benzene rings is 2. The van der Waals surface area contributed by atoms with Crippen LogP contribution in [0.5, 0.6) is 5.75 Å². The van der Waals surface area contributed by atoms with Gasteiger partial charge in [-0.2, -0.15) is 0 Å². The zero-order valence-electron chi connectivity index (χ0n) is 25.6. The van der Waals surface area contributed by atoms with Crippen LogP contribution in [0.1, 0.15) is 87.6 Å². The van der Waals surface area contributed by atoms with Crippen molar-refractivity contribution in [2.24, 2.45) is 35.0 Å². The van der Waals surface area contributed by atoms with E-state index in [9.17, 15) is 4.79 Å². The van der Waals surface area contributed by atoms with Crippen molar-refractivity contribution in [1.29, 1.82) is 0 Å². The zero-order valence-corrected chi connectivity index (χ0v) is 25.6. The van der Waals surface area contributed by atoms with Gasteiger partial charge in [-0.25, -0.2) is 0 Å². The standard InChI is InChI=1S/C37H45NO4/c1-21-13-16-37(40-20-21)22(2)35-33(42-37)19-31-28-11-9-24-17-25(10-12-26(24)27(28)14-15-36(31,35)4)41-34(39)18-30-23(3)38-32-8-6-5-7-29(30)32/h5-8,10,12,17,21-22,27-28,31,33,35,38H,9,11,13-16,18-20H2,1-4H3/t21-,22+,27-,28-,31+,33+,35+,36+,37-/m1/s1. The third kappa shape index (κ3) is 3.99. The van der Waals surface area contributed by atoms with E-state index < -0.39 is 0 Å². The first-order valence-electron chi connectivity index (χ1n) is 16.5. The highest BCUT2D eigenvalue weighted by atomic mass is 16.7. The fraction of sp³-hybridized carbons (Fsp3) is 0.595. The minimum Gasteiger partial charge on any atom is -0.426 e. The number of aromatic nitrogens is 1. The SMILES string of the molecule is Cc1[nH]c2ccccc2c1CC(=O)Oc1ccc2c(c1)CC[C@@H]1[C@@H]2CC[C@]2(C)[C@@H]3[C@H](C[C@@H]12)O[C@]1(CC[C@@H](C)CO1)[C@H]3C. The molecule has 0 amide bonds.